The fourth-order valence-electron chi connectivity index (χ4n) is 2.37. The monoisotopic (exact) mass is 272 g/mol. The molecule has 4 heteroatoms. The third-order valence-corrected chi connectivity index (χ3v) is 4.53. The van der Waals surface area contributed by atoms with Gasteiger partial charge in [0.05, 0.1) is 11.3 Å². The summed E-state index contributed by atoms with van der Waals surface area (Å²) in [6.45, 7) is 0.718. The van der Waals surface area contributed by atoms with Gasteiger partial charge in [-0.2, -0.15) is 0 Å². The summed E-state index contributed by atoms with van der Waals surface area (Å²) in [5.41, 5.74) is 1.24. The number of rotatable bonds is 3. The van der Waals surface area contributed by atoms with Crippen LogP contribution >= 0.6 is 11.8 Å². The molecule has 3 rings (SSSR count). The van der Waals surface area contributed by atoms with Crippen LogP contribution in [0.3, 0.4) is 0 Å². The van der Waals surface area contributed by atoms with Crippen LogP contribution in [0.4, 0.5) is 0 Å². The first-order chi connectivity index (χ1) is 9.38. The highest BCUT2D eigenvalue weighted by molar-refractivity contribution is 8.00. The molecule has 0 spiro atoms. The minimum Gasteiger partial charge on any atom is -0.492 e. The van der Waals surface area contributed by atoms with Gasteiger partial charge in [-0.25, -0.2) is 0 Å². The Morgan fingerprint density at radius 2 is 2.00 bits per heavy atom. The summed E-state index contributed by atoms with van der Waals surface area (Å²) < 4.78 is 5.86. The summed E-state index contributed by atoms with van der Waals surface area (Å²) in [5, 5.41) is 3.78. The van der Waals surface area contributed by atoms with Gasteiger partial charge in [0.25, 0.3) is 0 Å². The molecular formula is C15H16N2OS. The summed E-state index contributed by atoms with van der Waals surface area (Å²) in [4.78, 5) is 5.28. The number of aromatic nitrogens is 1. The predicted molar refractivity (Wildman–Crippen MR) is 77.6 cm³/mol. The molecule has 0 fully saturated rings. The molecule has 1 N–H and O–H groups in total. The molecule has 1 aromatic heterocycles. The molecule has 1 aliphatic heterocycles. The van der Waals surface area contributed by atoms with Crippen molar-refractivity contribution in [1.29, 1.82) is 0 Å². The molecule has 0 radical (unpaired) electrons. The van der Waals surface area contributed by atoms with E-state index in [1.54, 1.807) is 0 Å². The zero-order valence-electron chi connectivity index (χ0n) is 10.7. The van der Waals surface area contributed by atoms with Gasteiger partial charge < -0.3 is 10.1 Å². The number of ether oxygens (including phenoxy) is 1. The summed E-state index contributed by atoms with van der Waals surface area (Å²) in [5.74, 6) is 0.994. The highest BCUT2D eigenvalue weighted by Crippen LogP contribution is 2.39. The van der Waals surface area contributed by atoms with Gasteiger partial charge in [-0.15, -0.1) is 11.8 Å². The second-order valence-corrected chi connectivity index (χ2v) is 5.77. The number of pyridine rings is 1. The van der Waals surface area contributed by atoms with Gasteiger partial charge in [0.2, 0.25) is 0 Å². The topological polar surface area (TPSA) is 34.1 Å². The molecule has 0 saturated heterocycles. The van der Waals surface area contributed by atoms with Gasteiger partial charge in [-0.3, -0.25) is 4.98 Å². The van der Waals surface area contributed by atoms with Crippen LogP contribution in [0, 0.1) is 0 Å². The van der Waals surface area contributed by atoms with Crippen LogP contribution in [0.2, 0.25) is 0 Å². The zero-order chi connectivity index (χ0) is 13.1. The van der Waals surface area contributed by atoms with E-state index in [4.69, 9.17) is 4.74 Å². The first-order valence-electron chi connectivity index (χ1n) is 6.34. The number of nitrogens with zero attached hydrogens (tertiary/aromatic N) is 1. The first kappa shape index (κ1) is 12.5. The third kappa shape index (κ3) is 2.60. The molecule has 0 bridgehead atoms. The number of hydrogen-bond acceptors (Lipinski definition) is 4. The van der Waals surface area contributed by atoms with E-state index in [1.807, 2.05) is 55.5 Å². The molecular weight excluding hydrogens is 256 g/mol. The molecule has 98 valence electrons. The standard InChI is InChI=1S/C15H16N2OS/c1-16-15-12-4-2-3-5-13(12)18-10-14(15)19-11-6-8-17-9-7-11/h2-9,14-16H,10H2,1H3. The molecule has 0 amide bonds. The minimum atomic E-state index is 0.308. The van der Waals surface area contributed by atoms with Gasteiger partial charge in [0.15, 0.2) is 0 Å². The van der Waals surface area contributed by atoms with Crippen LogP contribution in [0.15, 0.2) is 53.7 Å². The number of para-hydroxylation sites is 1. The molecule has 19 heavy (non-hydrogen) atoms. The quantitative estimate of drug-likeness (QED) is 0.931. The molecule has 1 aliphatic rings. The van der Waals surface area contributed by atoms with Gasteiger partial charge in [-0.05, 0) is 25.2 Å². The molecule has 1 aromatic carbocycles. The summed E-state index contributed by atoms with van der Waals surface area (Å²) in [6.07, 6.45) is 3.66. The Balaban J connectivity index is 1.84. The Morgan fingerprint density at radius 3 is 2.79 bits per heavy atom. The molecule has 2 unspecified atom stereocenters. The minimum absolute atomic E-state index is 0.308. The van der Waals surface area contributed by atoms with E-state index in [9.17, 15) is 0 Å². The Kier molecular flexibility index (Phi) is 3.71. The predicted octanol–water partition coefficient (Wildman–Crippen LogP) is 2.90. The van der Waals surface area contributed by atoms with Gasteiger partial charge >= 0.3 is 0 Å². The van der Waals surface area contributed by atoms with Crippen LogP contribution in [-0.2, 0) is 0 Å². The van der Waals surface area contributed by atoms with Crippen molar-refractivity contribution in [3.05, 3.63) is 54.4 Å². The van der Waals surface area contributed by atoms with E-state index in [0.29, 0.717) is 11.3 Å². The molecule has 2 heterocycles. The van der Waals surface area contributed by atoms with Crippen LogP contribution < -0.4 is 10.1 Å². The molecule has 0 aliphatic carbocycles. The SMILES string of the molecule is CNC1c2ccccc2OCC1Sc1ccncc1. The lowest BCUT2D eigenvalue weighted by atomic mass is 10.0. The maximum atomic E-state index is 5.86. The van der Waals surface area contributed by atoms with Crippen molar-refractivity contribution < 1.29 is 4.74 Å². The Morgan fingerprint density at radius 1 is 1.21 bits per heavy atom. The average molecular weight is 272 g/mol. The van der Waals surface area contributed by atoms with Crippen molar-refractivity contribution in [2.24, 2.45) is 0 Å². The fraction of sp³-hybridized carbons (Fsp3) is 0.267. The maximum absolute atomic E-state index is 5.86. The van der Waals surface area contributed by atoms with Crippen molar-refractivity contribution in [3.63, 3.8) is 0 Å². The molecule has 2 atom stereocenters. The van der Waals surface area contributed by atoms with Crippen LogP contribution in [0.5, 0.6) is 5.75 Å². The smallest absolute Gasteiger partial charge is 0.124 e. The molecule has 2 aromatic rings. The van der Waals surface area contributed by atoms with Crippen molar-refractivity contribution in [1.82, 2.24) is 10.3 Å². The van der Waals surface area contributed by atoms with E-state index in [1.165, 1.54) is 10.5 Å². The lowest BCUT2D eigenvalue weighted by Crippen LogP contribution is -2.35. The Bertz CT molecular complexity index is 547. The van der Waals surface area contributed by atoms with E-state index < -0.39 is 0 Å². The molecule has 3 nitrogen and oxygen atoms in total. The highest BCUT2D eigenvalue weighted by Gasteiger charge is 2.30. The lowest BCUT2D eigenvalue weighted by molar-refractivity contribution is 0.265. The Hall–Kier alpha value is -1.52. The maximum Gasteiger partial charge on any atom is 0.124 e. The lowest BCUT2D eigenvalue weighted by Gasteiger charge is -2.33. The number of fused-ring (bicyclic) bond motifs is 1. The second kappa shape index (κ2) is 5.63. The summed E-state index contributed by atoms with van der Waals surface area (Å²) in [7, 11) is 2.01. The van der Waals surface area contributed by atoms with E-state index in [-0.39, 0.29) is 0 Å². The van der Waals surface area contributed by atoms with Crippen molar-refractivity contribution >= 4 is 11.8 Å². The van der Waals surface area contributed by atoms with Gasteiger partial charge in [-0.1, -0.05) is 18.2 Å². The number of thioether (sulfide) groups is 1. The van der Waals surface area contributed by atoms with E-state index in [2.05, 4.69) is 22.4 Å². The molecule has 0 saturated carbocycles. The number of benzene rings is 1. The second-order valence-electron chi connectivity index (χ2n) is 4.45. The van der Waals surface area contributed by atoms with Crippen molar-refractivity contribution in [3.8, 4) is 5.75 Å². The van der Waals surface area contributed by atoms with Crippen molar-refractivity contribution in [2.75, 3.05) is 13.7 Å². The summed E-state index contributed by atoms with van der Waals surface area (Å²) in [6, 6.07) is 12.6. The average Bonchev–Trinajstić information content (AvgIpc) is 2.48. The van der Waals surface area contributed by atoms with Crippen molar-refractivity contribution in [2.45, 2.75) is 16.2 Å². The van der Waals surface area contributed by atoms with Crippen LogP contribution in [-0.4, -0.2) is 23.9 Å². The van der Waals surface area contributed by atoms with E-state index >= 15 is 0 Å². The summed E-state index contributed by atoms with van der Waals surface area (Å²) >= 11 is 1.83. The number of hydrogen-bond donors (Lipinski definition) is 1. The normalized spacial score (nSPS) is 21.5. The van der Waals surface area contributed by atoms with E-state index in [0.717, 1.165) is 12.4 Å². The van der Waals surface area contributed by atoms with Gasteiger partial charge in [0.1, 0.15) is 12.4 Å². The third-order valence-electron chi connectivity index (χ3n) is 3.28. The highest BCUT2D eigenvalue weighted by atomic mass is 32.2. The van der Waals surface area contributed by atoms with Crippen LogP contribution in [0.1, 0.15) is 11.6 Å². The fourth-order valence-corrected chi connectivity index (χ4v) is 3.56. The first-order valence-corrected chi connectivity index (χ1v) is 7.22. The number of nitrogens with one attached hydrogen (secondary N) is 1. The zero-order valence-corrected chi connectivity index (χ0v) is 11.6. The Labute approximate surface area is 117 Å². The largest absolute Gasteiger partial charge is 0.492 e. The van der Waals surface area contributed by atoms with Gasteiger partial charge in [0, 0.05) is 22.9 Å². The van der Waals surface area contributed by atoms with Crippen LogP contribution in [0.25, 0.3) is 0 Å².